The number of carbonyl (C=O) groups is 1. The maximum absolute atomic E-state index is 10.5. The highest BCUT2D eigenvalue weighted by Gasteiger charge is 2.15. The zero-order valence-corrected chi connectivity index (χ0v) is 18.7. The van der Waals surface area contributed by atoms with Gasteiger partial charge in [0.15, 0.2) is 0 Å². The van der Waals surface area contributed by atoms with Crippen LogP contribution in [-0.2, 0) is 11.3 Å². The predicted octanol–water partition coefficient (Wildman–Crippen LogP) is 4.26. The summed E-state index contributed by atoms with van der Waals surface area (Å²) in [4.78, 5) is 17.1. The molecule has 0 radical (unpaired) electrons. The zero-order chi connectivity index (χ0) is 23.2. The molecule has 5 rings (SSSR count). The molecule has 166 valence electrons. The summed E-state index contributed by atoms with van der Waals surface area (Å²) >= 11 is 0. The molecule has 0 atom stereocenters. The third kappa shape index (κ3) is 5.03. The maximum atomic E-state index is 10.5. The minimum atomic E-state index is 0.682. The standard InChI is InChI=1S/C15H13N3O.C11H12N2O/c1-11-4-5-13(17-10-19)7-14(11)12-8-16-15-3-2-6-18(15)9-12;1-13-5-6-14-11-4-2-3-9(7-12)10(11)8-13/h2-10H,1H3,(H,17,19);2-4H,5-6,8H2,1H3. The van der Waals surface area contributed by atoms with Crippen molar-refractivity contribution in [3.63, 3.8) is 0 Å². The van der Waals surface area contributed by atoms with E-state index < -0.39 is 0 Å². The molecule has 1 aliphatic heterocycles. The van der Waals surface area contributed by atoms with E-state index in [9.17, 15) is 4.79 Å². The molecule has 2 aromatic heterocycles. The van der Waals surface area contributed by atoms with Crippen LogP contribution >= 0.6 is 0 Å². The van der Waals surface area contributed by atoms with Crippen molar-refractivity contribution in [2.45, 2.75) is 13.5 Å². The molecule has 0 saturated heterocycles. The number of hydrogen-bond acceptors (Lipinski definition) is 5. The summed E-state index contributed by atoms with van der Waals surface area (Å²) < 4.78 is 7.55. The van der Waals surface area contributed by atoms with Crippen LogP contribution in [0.5, 0.6) is 5.75 Å². The highest BCUT2D eigenvalue weighted by Crippen LogP contribution is 2.27. The van der Waals surface area contributed by atoms with E-state index in [1.807, 2.05) is 85.5 Å². The van der Waals surface area contributed by atoms with Gasteiger partial charge >= 0.3 is 0 Å². The molecular formula is C26H25N5O2. The number of carbonyl (C=O) groups excluding carboxylic acids is 1. The van der Waals surface area contributed by atoms with Crippen molar-refractivity contribution < 1.29 is 9.53 Å². The lowest BCUT2D eigenvalue weighted by molar-refractivity contribution is -0.105. The average Bonchev–Trinajstić information content (AvgIpc) is 3.21. The van der Waals surface area contributed by atoms with E-state index in [1.54, 1.807) is 0 Å². The van der Waals surface area contributed by atoms with Crippen LogP contribution in [-0.4, -0.2) is 40.9 Å². The molecular weight excluding hydrogens is 414 g/mol. The van der Waals surface area contributed by atoms with Crippen LogP contribution in [0.15, 0.2) is 67.1 Å². The molecule has 1 amide bonds. The largest absolute Gasteiger partial charge is 0.492 e. The number of fused-ring (bicyclic) bond motifs is 2. The first-order valence-corrected chi connectivity index (χ1v) is 10.7. The lowest BCUT2D eigenvalue weighted by Crippen LogP contribution is -2.20. The van der Waals surface area contributed by atoms with Gasteiger partial charge in [-0.1, -0.05) is 12.1 Å². The molecule has 0 saturated carbocycles. The Morgan fingerprint density at radius 2 is 2.09 bits per heavy atom. The molecule has 7 heteroatoms. The first kappa shape index (κ1) is 22.1. The maximum Gasteiger partial charge on any atom is 0.211 e. The minimum absolute atomic E-state index is 0.682. The smallest absolute Gasteiger partial charge is 0.211 e. The Morgan fingerprint density at radius 1 is 1.21 bits per heavy atom. The molecule has 2 aromatic carbocycles. The third-order valence-electron chi connectivity index (χ3n) is 5.56. The Bertz CT molecular complexity index is 1320. The van der Waals surface area contributed by atoms with Crippen molar-refractivity contribution in [3.8, 4) is 22.9 Å². The second-order valence-electron chi connectivity index (χ2n) is 7.89. The summed E-state index contributed by atoms with van der Waals surface area (Å²) in [6.45, 7) is 4.43. The van der Waals surface area contributed by atoms with Gasteiger partial charge in [0.1, 0.15) is 18.0 Å². The number of nitrogens with one attached hydrogen (secondary N) is 1. The van der Waals surface area contributed by atoms with Crippen molar-refractivity contribution in [2.24, 2.45) is 0 Å². The molecule has 4 aromatic rings. The van der Waals surface area contributed by atoms with Crippen LogP contribution in [0.25, 0.3) is 16.8 Å². The molecule has 0 spiro atoms. The van der Waals surface area contributed by atoms with Gasteiger partial charge in [-0.25, -0.2) is 4.98 Å². The first-order chi connectivity index (χ1) is 16.1. The van der Waals surface area contributed by atoms with E-state index in [0.29, 0.717) is 13.0 Å². The minimum Gasteiger partial charge on any atom is -0.492 e. The fraction of sp³-hybridized carbons (Fsp3) is 0.192. The van der Waals surface area contributed by atoms with Crippen molar-refractivity contribution >= 4 is 17.7 Å². The van der Waals surface area contributed by atoms with Gasteiger partial charge in [-0.2, -0.15) is 5.26 Å². The van der Waals surface area contributed by atoms with E-state index in [-0.39, 0.29) is 0 Å². The predicted molar refractivity (Wildman–Crippen MR) is 128 cm³/mol. The number of nitrogens with zero attached hydrogens (tertiary/aromatic N) is 4. The summed E-state index contributed by atoms with van der Waals surface area (Å²) in [6.07, 6.45) is 6.54. The number of rotatable bonds is 3. The van der Waals surface area contributed by atoms with Gasteiger partial charge < -0.3 is 14.5 Å². The molecule has 0 bridgehead atoms. The highest BCUT2D eigenvalue weighted by atomic mass is 16.5. The summed E-state index contributed by atoms with van der Waals surface area (Å²) in [5, 5.41) is 11.6. The van der Waals surface area contributed by atoms with Crippen LogP contribution in [0.3, 0.4) is 0 Å². The van der Waals surface area contributed by atoms with Crippen LogP contribution in [0, 0.1) is 18.3 Å². The lowest BCUT2D eigenvalue weighted by atomic mass is 10.0. The molecule has 0 fully saturated rings. The summed E-state index contributed by atoms with van der Waals surface area (Å²) in [5.74, 6) is 0.855. The van der Waals surface area contributed by atoms with Gasteiger partial charge in [-0.3, -0.25) is 9.69 Å². The van der Waals surface area contributed by atoms with Crippen molar-refractivity contribution in [2.75, 3.05) is 25.5 Å². The van der Waals surface area contributed by atoms with Gasteiger partial charge in [0.25, 0.3) is 0 Å². The number of hydrogen-bond donors (Lipinski definition) is 1. The SMILES string of the molecule is CN1CCOc2cccc(C#N)c2C1.Cc1ccc(NC=O)cc1-c1cnc2cccn2c1. The Hall–Kier alpha value is -4.15. The van der Waals surface area contributed by atoms with E-state index in [4.69, 9.17) is 10.00 Å². The monoisotopic (exact) mass is 439 g/mol. The van der Waals surface area contributed by atoms with Gasteiger partial charge in [0.05, 0.1) is 11.6 Å². The number of benzene rings is 2. The Morgan fingerprint density at radius 3 is 2.91 bits per heavy atom. The molecule has 3 heterocycles. The molecule has 33 heavy (non-hydrogen) atoms. The molecule has 1 N–H and O–H groups in total. The van der Waals surface area contributed by atoms with E-state index >= 15 is 0 Å². The fourth-order valence-corrected chi connectivity index (χ4v) is 3.78. The van der Waals surface area contributed by atoms with Crippen LogP contribution in [0.1, 0.15) is 16.7 Å². The van der Waals surface area contributed by atoms with Gasteiger partial charge in [0.2, 0.25) is 6.41 Å². The normalized spacial score (nSPS) is 13.0. The Balaban J connectivity index is 0.000000165. The van der Waals surface area contributed by atoms with Crippen molar-refractivity contribution in [3.05, 3.63) is 83.8 Å². The molecule has 1 aliphatic rings. The van der Waals surface area contributed by atoms with Gasteiger partial charge in [0, 0.05) is 48.5 Å². The van der Waals surface area contributed by atoms with E-state index in [2.05, 4.69) is 21.3 Å². The number of aryl methyl sites for hydroxylation is 1. The summed E-state index contributed by atoms with van der Waals surface area (Å²) in [6, 6.07) is 17.6. The van der Waals surface area contributed by atoms with E-state index in [1.165, 1.54) is 0 Å². The molecule has 7 nitrogen and oxygen atoms in total. The van der Waals surface area contributed by atoms with Gasteiger partial charge in [-0.05, 0) is 61.5 Å². The number of nitriles is 1. The number of anilines is 1. The first-order valence-electron chi connectivity index (χ1n) is 10.7. The summed E-state index contributed by atoms with van der Waals surface area (Å²) in [7, 11) is 2.03. The van der Waals surface area contributed by atoms with Gasteiger partial charge in [-0.15, -0.1) is 0 Å². The van der Waals surface area contributed by atoms with Crippen LogP contribution in [0.2, 0.25) is 0 Å². The van der Waals surface area contributed by atoms with Crippen LogP contribution in [0.4, 0.5) is 5.69 Å². The van der Waals surface area contributed by atoms with Crippen molar-refractivity contribution in [1.82, 2.24) is 14.3 Å². The number of likely N-dealkylation sites (N-methyl/N-ethyl adjacent to an activating group) is 1. The topological polar surface area (TPSA) is 82.7 Å². The summed E-state index contributed by atoms with van der Waals surface area (Å²) in [5.41, 5.74) is 6.66. The molecule has 0 aliphatic carbocycles. The fourth-order valence-electron chi connectivity index (χ4n) is 3.78. The van der Waals surface area contributed by atoms with E-state index in [0.717, 1.165) is 58.0 Å². The molecule has 0 unspecified atom stereocenters. The highest BCUT2D eigenvalue weighted by molar-refractivity contribution is 5.77. The van der Waals surface area contributed by atoms with Crippen molar-refractivity contribution in [1.29, 1.82) is 5.26 Å². The number of aromatic nitrogens is 2. The number of amides is 1. The van der Waals surface area contributed by atoms with Crippen LogP contribution < -0.4 is 10.1 Å². The zero-order valence-electron chi connectivity index (χ0n) is 18.7. The lowest BCUT2D eigenvalue weighted by Gasteiger charge is -2.12. The second kappa shape index (κ2) is 9.98. The Labute approximate surface area is 192 Å². The third-order valence-corrected chi connectivity index (χ3v) is 5.56. The Kier molecular flexibility index (Phi) is 6.67. The average molecular weight is 440 g/mol. The second-order valence-corrected chi connectivity index (χ2v) is 7.89. The number of ether oxygens (including phenoxy) is 1. The quantitative estimate of drug-likeness (QED) is 0.482.